The molecule has 0 spiro atoms. The number of hydrogen-bond acceptors (Lipinski definition) is 1. The molecule has 1 unspecified atom stereocenters. The number of rotatable bonds is 8. The normalized spacial score (nSPS) is 12.5. The summed E-state index contributed by atoms with van der Waals surface area (Å²) in [5.74, 6) is 0.728. The van der Waals surface area contributed by atoms with Gasteiger partial charge in [0.25, 0.3) is 0 Å². The molecule has 1 aromatic heterocycles. The molecule has 1 atom stereocenters. The molecule has 0 fully saturated rings. The topological polar surface area (TPSA) is 44.9 Å². The molecular weight excluding hydrogens is 260 g/mol. The molecule has 0 aliphatic heterocycles. The van der Waals surface area contributed by atoms with E-state index >= 15 is 0 Å². The van der Waals surface area contributed by atoms with E-state index in [1.807, 2.05) is 24.4 Å². The number of para-hydroxylation sites is 1. The molecule has 0 aliphatic rings. The molecule has 2 N–H and O–H groups in total. The fraction of sp³-hybridized carbons (Fsp3) is 0.500. The standard InChI is InChI=1S/C18H26N2O/c1-3-5-8-14(4-2)12-20-18(21)11-15-13-19-17-10-7-6-9-16(15)17/h6-7,9-10,13-14,19H,3-5,8,11-12H2,1-2H3,(H,20,21). The van der Waals surface area contributed by atoms with E-state index < -0.39 is 0 Å². The van der Waals surface area contributed by atoms with Crippen molar-refractivity contribution in [2.45, 2.75) is 46.0 Å². The Bertz CT molecular complexity index is 573. The molecule has 0 aliphatic carbocycles. The van der Waals surface area contributed by atoms with Gasteiger partial charge >= 0.3 is 0 Å². The van der Waals surface area contributed by atoms with Crippen molar-refractivity contribution in [3.05, 3.63) is 36.0 Å². The Hall–Kier alpha value is -1.77. The number of aromatic nitrogens is 1. The third-order valence-corrected chi connectivity index (χ3v) is 4.16. The molecule has 3 heteroatoms. The summed E-state index contributed by atoms with van der Waals surface area (Å²) in [7, 11) is 0. The predicted octanol–water partition coefficient (Wildman–Crippen LogP) is 4.04. The van der Waals surface area contributed by atoms with Crippen molar-refractivity contribution in [1.82, 2.24) is 10.3 Å². The minimum absolute atomic E-state index is 0.120. The Labute approximate surface area is 127 Å². The Balaban J connectivity index is 1.87. The minimum Gasteiger partial charge on any atom is -0.361 e. The van der Waals surface area contributed by atoms with Gasteiger partial charge in [-0.1, -0.05) is 51.3 Å². The van der Waals surface area contributed by atoms with Crippen LogP contribution in [0.3, 0.4) is 0 Å². The lowest BCUT2D eigenvalue weighted by molar-refractivity contribution is -0.120. The van der Waals surface area contributed by atoms with Crippen molar-refractivity contribution >= 4 is 16.8 Å². The zero-order chi connectivity index (χ0) is 15.1. The van der Waals surface area contributed by atoms with Crippen LogP contribution >= 0.6 is 0 Å². The van der Waals surface area contributed by atoms with Gasteiger partial charge in [-0.05, 0) is 24.0 Å². The van der Waals surface area contributed by atoms with Crippen LogP contribution in [0.5, 0.6) is 0 Å². The number of aromatic amines is 1. The monoisotopic (exact) mass is 286 g/mol. The molecular formula is C18H26N2O. The second-order valence-corrected chi connectivity index (χ2v) is 5.76. The predicted molar refractivity (Wildman–Crippen MR) is 88.3 cm³/mol. The van der Waals surface area contributed by atoms with E-state index in [9.17, 15) is 4.79 Å². The Kier molecular flexibility index (Phi) is 5.85. The molecule has 0 saturated heterocycles. The Morgan fingerprint density at radius 3 is 2.86 bits per heavy atom. The minimum atomic E-state index is 0.120. The van der Waals surface area contributed by atoms with Crippen LogP contribution in [0.4, 0.5) is 0 Å². The zero-order valence-electron chi connectivity index (χ0n) is 13.1. The number of benzene rings is 1. The van der Waals surface area contributed by atoms with Crippen LogP contribution in [0.2, 0.25) is 0 Å². The van der Waals surface area contributed by atoms with Crippen molar-refractivity contribution in [3.63, 3.8) is 0 Å². The first-order valence-electron chi connectivity index (χ1n) is 8.06. The molecule has 2 aromatic rings. The molecule has 0 radical (unpaired) electrons. The molecule has 1 heterocycles. The number of fused-ring (bicyclic) bond motifs is 1. The maximum absolute atomic E-state index is 12.1. The maximum atomic E-state index is 12.1. The fourth-order valence-corrected chi connectivity index (χ4v) is 2.71. The summed E-state index contributed by atoms with van der Waals surface area (Å²) in [5.41, 5.74) is 2.17. The summed E-state index contributed by atoms with van der Waals surface area (Å²) in [6.07, 6.45) is 7.21. The summed E-state index contributed by atoms with van der Waals surface area (Å²) in [5, 5.41) is 4.24. The number of unbranched alkanes of at least 4 members (excludes halogenated alkanes) is 1. The number of carbonyl (C=O) groups excluding carboxylic acids is 1. The highest BCUT2D eigenvalue weighted by atomic mass is 16.1. The van der Waals surface area contributed by atoms with Gasteiger partial charge in [0.1, 0.15) is 0 Å². The van der Waals surface area contributed by atoms with E-state index in [-0.39, 0.29) is 5.91 Å². The van der Waals surface area contributed by atoms with E-state index in [0.29, 0.717) is 12.3 Å². The van der Waals surface area contributed by atoms with E-state index in [1.54, 1.807) is 0 Å². The largest absolute Gasteiger partial charge is 0.361 e. The van der Waals surface area contributed by atoms with Crippen LogP contribution in [-0.4, -0.2) is 17.4 Å². The van der Waals surface area contributed by atoms with Crippen molar-refractivity contribution in [2.75, 3.05) is 6.54 Å². The van der Waals surface area contributed by atoms with Gasteiger partial charge in [-0.3, -0.25) is 4.79 Å². The van der Waals surface area contributed by atoms with Crippen molar-refractivity contribution in [1.29, 1.82) is 0 Å². The quantitative estimate of drug-likeness (QED) is 0.755. The second-order valence-electron chi connectivity index (χ2n) is 5.76. The average Bonchev–Trinajstić information content (AvgIpc) is 2.91. The molecule has 1 aromatic carbocycles. The number of amides is 1. The van der Waals surface area contributed by atoms with Crippen molar-refractivity contribution in [2.24, 2.45) is 5.92 Å². The first-order chi connectivity index (χ1) is 10.2. The van der Waals surface area contributed by atoms with Crippen molar-refractivity contribution in [3.8, 4) is 0 Å². The van der Waals surface area contributed by atoms with Gasteiger partial charge in [-0.2, -0.15) is 0 Å². The highest BCUT2D eigenvalue weighted by Crippen LogP contribution is 2.18. The summed E-state index contributed by atoms with van der Waals surface area (Å²) in [6.45, 7) is 5.21. The lowest BCUT2D eigenvalue weighted by atomic mass is 9.99. The SMILES string of the molecule is CCCCC(CC)CNC(=O)Cc1c[nH]c2ccccc12. The van der Waals surface area contributed by atoms with Gasteiger partial charge in [0.2, 0.25) is 5.91 Å². The summed E-state index contributed by atoms with van der Waals surface area (Å²) in [6, 6.07) is 8.11. The van der Waals surface area contributed by atoms with Crippen LogP contribution in [0.1, 0.15) is 45.1 Å². The first kappa shape index (κ1) is 15.6. The van der Waals surface area contributed by atoms with E-state index in [0.717, 1.165) is 29.4 Å². The highest BCUT2D eigenvalue weighted by molar-refractivity contribution is 5.88. The van der Waals surface area contributed by atoms with Crippen LogP contribution in [0, 0.1) is 5.92 Å². The molecule has 3 nitrogen and oxygen atoms in total. The maximum Gasteiger partial charge on any atom is 0.224 e. The van der Waals surface area contributed by atoms with Crippen LogP contribution in [0.25, 0.3) is 10.9 Å². The first-order valence-corrected chi connectivity index (χ1v) is 8.06. The highest BCUT2D eigenvalue weighted by Gasteiger charge is 2.11. The number of H-pyrrole nitrogens is 1. The molecule has 0 saturated carbocycles. The molecule has 0 bridgehead atoms. The molecule has 114 valence electrons. The van der Waals surface area contributed by atoms with E-state index in [2.05, 4.69) is 30.2 Å². The number of hydrogen-bond donors (Lipinski definition) is 2. The van der Waals surface area contributed by atoms with Crippen LogP contribution < -0.4 is 5.32 Å². The van der Waals surface area contributed by atoms with Gasteiger partial charge in [-0.25, -0.2) is 0 Å². The van der Waals surface area contributed by atoms with Gasteiger partial charge in [0.15, 0.2) is 0 Å². The average molecular weight is 286 g/mol. The second kappa shape index (κ2) is 7.87. The third kappa shape index (κ3) is 4.35. The fourth-order valence-electron chi connectivity index (χ4n) is 2.71. The lowest BCUT2D eigenvalue weighted by Gasteiger charge is -2.15. The van der Waals surface area contributed by atoms with Gasteiger partial charge in [-0.15, -0.1) is 0 Å². The zero-order valence-corrected chi connectivity index (χ0v) is 13.1. The Morgan fingerprint density at radius 2 is 2.10 bits per heavy atom. The lowest BCUT2D eigenvalue weighted by Crippen LogP contribution is -2.30. The van der Waals surface area contributed by atoms with Crippen LogP contribution in [-0.2, 0) is 11.2 Å². The smallest absolute Gasteiger partial charge is 0.224 e. The van der Waals surface area contributed by atoms with Gasteiger partial charge in [0.05, 0.1) is 6.42 Å². The molecule has 21 heavy (non-hydrogen) atoms. The Morgan fingerprint density at radius 1 is 1.29 bits per heavy atom. The van der Waals surface area contributed by atoms with Crippen molar-refractivity contribution < 1.29 is 4.79 Å². The summed E-state index contributed by atoms with van der Waals surface area (Å²) < 4.78 is 0. The number of carbonyl (C=O) groups is 1. The molecule has 2 rings (SSSR count). The van der Waals surface area contributed by atoms with Gasteiger partial charge < -0.3 is 10.3 Å². The van der Waals surface area contributed by atoms with Gasteiger partial charge in [0, 0.05) is 23.6 Å². The molecule has 1 amide bonds. The van der Waals surface area contributed by atoms with E-state index in [4.69, 9.17) is 0 Å². The summed E-state index contributed by atoms with van der Waals surface area (Å²) in [4.78, 5) is 15.3. The number of nitrogens with one attached hydrogen (secondary N) is 2. The van der Waals surface area contributed by atoms with E-state index in [1.165, 1.54) is 19.3 Å². The third-order valence-electron chi connectivity index (χ3n) is 4.16. The summed E-state index contributed by atoms with van der Waals surface area (Å²) >= 11 is 0. The van der Waals surface area contributed by atoms with Crippen LogP contribution in [0.15, 0.2) is 30.5 Å².